The van der Waals surface area contributed by atoms with Gasteiger partial charge in [-0.25, -0.2) is 0 Å². The molecular weight excluding hydrogens is 357 g/mol. The predicted molar refractivity (Wildman–Crippen MR) is 99.4 cm³/mol. The number of H-pyrrole nitrogens is 1. The van der Waals surface area contributed by atoms with Gasteiger partial charge in [0.25, 0.3) is 0 Å². The van der Waals surface area contributed by atoms with Crippen molar-refractivity contribution >= 4 is 30.0 Å². The molecular formula is C16H20N5O4P. The second-order valence-corrected chi connectivity index (χ2v) is 8.12. The first-order valence-electron chi connectivity index (χ1n) is 8.26. The van der Waals surface area contributed by atoms with Crippen LogP contribution in [0.5, 0.6) is 0 Å². The summed E-state index contributed by atoms with van der Waals surface area (Å²) in [7, 11) is -4.57. The number of fused-ring (bicyclic) bond motifs is 1. The van der Waals surface area contributed by atoms with E-state index in [1.807, 2.05) is 11.8 Å². The van der Waals surface area contributed by atoms with Crippen LogP contribution in [-0.2, 0) is 4.74 Å². The summed E-state index contributed by atoms with van der Waals surface area (Å²) in [5, 5.41) is 7.33. The first kappa shape index (κ1) is 17.3. The molecule has 0 aromatic carbocycles. The number of ether oxygens (including phenoxy) is 1. The molecule has 0 saturated carbocycles. The van der Waals surface area contributed by atoms with Gasteiger partial charge in [-0.15, -0.1) is 0 Å². The zero-order valence-electron chi connectivity index (χ0n) is 14.1. The van der Waals surface area contributed by atoms with E-state index < -0.39 is 7.94 Å². The molecule has 0 aliphatic carbocycles. The molecule has 3 aromatic heterocycles. The van der Waals surface area contributed by atoms with Crippen molar-refractivity contribution in [2.24, 2.45) is 0 Å². The van der Waals surface area contributed by atoms with E-state index in [9.17, 15) is 14.7 Å². The average Bonchev–Trinajstić information content (AvgIpc) is 3.14. The number of morpholine rings is 1. The number of rotatable bonds is 3. The number of hydrogen-bond donors (Lipinski definition) is 4. The van der Waals surface area contributed by atoms with Crippen LogP contribution >= 0.6 is 7.94 Å². The molecule has 0 radical (unpaired) electrons. The Morgan fingerprint density at radius 3 is 2.81 bits per heavy atom. The SMILES string of the molecule is C[C@@H]1COCCN1c1cc([PH](O)(O)O)c2ccnc(-c3ccn[nH]3)c2n1. The van der Waals surface area contributed by atoms with Crippen LogP contribution in [0.25, 0.3) is 22.3 Å². The molecule has 4 rings (SSSR count). The Balaban J connectivity index is 1.98. The number of hydrogen-bond acceptors (Lipinski definition) is 8. The third-order valence-electron chi connectivity index (χ3n) is 4.49. The molecule has 1 aliphatic heterocycles. The second kappa shape index (κ2) is 6.53. The van der Waals surface area contributed by atoms with Crippen LogP contribution in [0.3, 0.4) is 0 Å². The van der Waals surface area contributed by atoms with E-state index >= 15 is 0 Å². The number of pyridine rings is 2. The number of aromatic amines is 1. The molecule has 1 saturated heterocycles. The first-order valence-corrected chi connectivity index (χ1v) is 10.1. The fourth-order valence-electron chi connectivity index (χ4n) is 3.22. The number of nitrogens with zero attached hydrogens (tertiary/aromatic N) is 4. The summed E-state index contributed by atoms with van der Waals surface area (Å²) in [5.74, 6) is 0.547. The molecule has 9 nitrogen and oxygen atoms in total. The van der Waals surface area contributed by atoms with Gasteiger partial charge in [-0.1, -0.05) is 0 Å². The van der Waals surface area contributed by atoms with Gasteiger partial charge in [0.15, 0.2) is 0 Å². The Morgan fingerprint density at radius 1 is 1.27 bits per heavy atom. The molecule has 3 aromatic rings. The van der Waals surface area contributed by atoms with Crippen LogP contribution in [0.2, 0.25) is 0 Å². The van der Waals surface area contributed by atoms with Gasteiger partial charge in [0, 0.05) is 0 Å². The van der Waals surface area contributed by atoms with E-state index in [-0.39, 0.29) is 11.3 Å². The molecule has 10 heteroatoms. The van der Waals surface area contributed by atoms with Crippen molar-refractivity contribution in [1.29, 1.82) is 0 Å². The molecule has 4 heterocycles. The van der Waals surface area contributed by atoms with Crippen molar-refractivity contribution in [1.82, 2.24) is 20.2 Å². The molecule has 1 fully saturated rings. The Hall–Kier alpha value is -2.16. The van der Waals surface area contributed by atoms with Gasteiger partial charge in [0.2, 0.25) is 0 Å². The van der Waals surface area contributed by atoms with Gasteiger partial charge >= 0.3 is 149 Å². The van der Waals surface area contributed by atoms with Crippen LogP contribution in [0, 0.1) is 0 Å². The zero-order chi connectivity index (χ0) is 18.3. The van der Waals surface area contributed by atoms with Crippen molar-refractivity contribution in [3.8, 4) is 11.4 Å². The van der Waals surface area contributed by atoms with Crippen LogP contribution in [0.15, 0.2) is 30.6 Å². The summed E-state index contributed by atoms with van der Waals surface area (Å²) in [5.41, 5.74) is 1.65. The van der Waals surface area contributed by atoms with Crippen LogP contribution < -0.4 is 10.2 Å². The average molecular weight is 377 g/mol. The summed E-state index contributed by atoms with van der Waals surface area (Å²) in [6, 6.07) is 5.00. The topological polar surface area (TPSA) is 128 Å². The van der Waals surface area contributed by atoms with Gasteiger partial charge < -0.3 is 0 Å². The standard InChI is InChI=1S/C16H20N5O4P/c1-10-9-25-7-6-21(10)14-8-13(26(22,23)24)11-2-4-17-16(15(11)19-14)12-3-5-18-20-12/h2-5,8,10,22-24,26H,6-7,9H2,1H3,(H,18,20)/t10-/m1/s1. The fraction of sp³-hybridized carbons (Fsp3) is 0.312. The van der Waals surface area contributed by atoms with Crippen LogP contribution in [-0.4, -0.2) is 60.6 Å². The van der Waals surface area contributed by atoms with Crippen molar-refractivity contribution in [3.63, 3.8) is 0 Å². The molecule has 138 valence electrons. The van der Waals surface area contributed by atoms with E-state index in [4.69, 9.17) is 9.72 Å². The van der Waals surface area contributed by atoms with E-state index in [0.717, 1.165) is 0 Å². The summed E-state index contributed by atoms with van der Waals surface area (Å²) in [6.07, 6.45) is 3.15. The minimum absolute atomic E-state index is 0.0703. The van der Waals surface area contributed by atoms with Gasteiger partial charge in [-0.05, 0) is 0 Å². The van der Waals surface area contributed by atoms with Gasteiger partial charge in [-0.3, -0.25) is 0 Å². The van der Waals surface area contributed by atoms with Gasteiger partial charge in [0.05, 0.1) is 0 Å². The third-order valence-corrected chi connectivity index (χ3v) is 5.63. The summed E-state index contributed by atoms with van der Waals surface area (Å²) in [6.45, 7) is 3.73. The fourth-order valence-corrected chi connectivity index (χ4v) is 4.10. The molecule has 26 heavy (non-hydrogen) atoms. The molecule has 0 amide bonds. The molecule has 1 atom stereocenters. The number of anilines is 1. The third kappa shape index (κ3) is 3.04. The minimum atomic E-state index is -4.57. The number of nitrogens with one attached hydrogen (secondary N) is 1. The maximum atomic E-state index is 10.0. The molecule has 0 bridgehead atoms. The van der Waals surface area contributed by atoms with E-state index in [1.54, 1.807) is 30.6 Å². The molecule has 4 N–H and O–H groups in total. The second-order valence-electron chi connectivity index (χ2n) is 6.31. The Morgan fingerprint density at radius 2 is 2.12 bits per heavy atom. The number of aromatic nitrogens is 4. The van der Waals surface area contributed by atoms with Crippen LogP contribution in [0.4, 0.5) is 5.82 Å². The zero-order valence-corrected chi connectivity index (χ0v) is 15.1. The molecule has 0 unspecified atom stereocenters. The first-order chi connectivity index (χ1) is 12.4. The van der Waals surface area contributed by atoms with Gasteiger partial charge in [0.1, 0.15) is 0 Å². The summed E-state index contributed by atoms with van der Waals surface area (Å²) < 4.78 is 5.47. The van der Waals surface area contributed by atoms with Crippen molar-refractivity contribution < 1.29 is 19.4 Å². The Labute approximate surface area is 149 Å². The van der Waals surface area contributed by atoms with Crippen LogP contribution in [0.1, 0.15) is 6.92 Å². The molecule has 0 spiro atoms. The van der Waals surface area contributed by atoms with Crippen molar-refractivity contribution in [2.45, 2.75) is 13.0 Å². The Bertz CT molecular complexity index is 928. The van der Waals surface area contributed by atoms with E-state index in [1.165, 1.54) is 0 Å². The van der Waals surface area contributed by atoms with E-state index in [2.05, 4.69) is 15.2 Å². The van der Waals surface area contributed by atoms with Gasteiger partial charge in [-0.2, -0.15) is 0 Å². The van der Waals surface area contributed by atoms with Crippen molar-refractivity contribution in [3.05, 3.63) is 30.6 Å². The van der Waals surface area contributed by atoms with Crippen molar-refractivity contribution in [2.75, 3.05) is 24.7 Å². The van der Waals surface area contributed by atoms with E-state index in [0.29, 0.717) is 47.9 Å². The monoisotopic (exact) mass is 377 g/mol. The molecule has 1 aliphatic rings. The summed E-state index contributed by atoms with van der Waals surface area (Å²) >= 11 is 0. The Kier molecular flexibility index (Phi) is 4.34. The predicted octanol–water partition coefficient (Wildman–Crippen LogP) is 0.342. The quantitative estimate of drug-likeness (QED) is 0.481. The normalized spacial score (nSPS) is 19.1. The summed E-state index contributed by atoms with van der Waals surface area (Å²) in [4.78, 5) is 41.2. The maximum absolute atomic E-state index is 10.0.